The van der Waals surface area contributed by atoms with Crippen molar-refractivity contribution in [2.45, 2.75) is 92.9 Å². The molecule has 0 radical (unpaired) electrons. The average Bonchev–Trinajstić information content (AvgIpc) is 4.24. The van der Waals surface area contributed by atoms with E-state index in [0.29, 0.717) is 23.7 Å². The lowest BCUT2D eigenvalue weighted by Crippen LogP contribution is -2.18. The van der Waals surface area contributed by atoms with E-state index < -0.39 is 11.9 Å². The van der Waals surface area contributed by atoms with Gasteiger partial charge in [0.1, 0.15) is 5.57 Å². The Labute approximate surface area is 435 Å². The van der Waals surface area contributed by atoms with Crippen molar-refractivity contribution < 1.29 is 19.1 Å². The van der Waals surface area contributed by atoms with Crippen LogP contribution in [0.5, 0.6) is 0 Å². The van der Waals surface area contributed by atoms with Crippen molar-refractivity contribution in [3.63, 3.8) is 0 Å². The molecule has 4 aromatic carbocycles. The molecule has 7 aromatic rings. The Balaban J connectivity index is 1.46. The number of carbonyl (C=O) groups is 2. The van der Waals surface area contributed by atoms with Gasteiger partial charge in [-0.05, 0) is 131 Å². The van der Waals surface area contributed by atoms with Crippen LogP contribution in [0.3, 0.4) is 0 Å². The molecule has 0 amide bonds. The number of benzene rings is 4. The number of carbonyl (C=O) groups excluding carboxylic acids is 2. The number of hydrogen-bond donors (Lipinski definition) is 2. The minimum Gasteiger partial charge on any atom is -0.462 e. The molecule has 2 aliphatic heterocycles. The number of ether oxygens (including phenoxy) is 2. The minimum absolute atomic E-state index is 0.110. The second-order valence-corrected chi connectivity index (χ2v) is 20.2. The fourth-order valence-corrected chi connectivity index (χ4v) is 9.68. The smallest absolute Gasteiger partial charge is 0.345 e. The molecule has 0 unspecified atom stereocenters. The van der Waals surface area contributed by atoms with E-state index in [1.807, 2.05) is 6.08 Å². The molecule has 0 atom stereocenters. The van der Waals surface area contributed by atoms with Crippen molar-refractivity contribution in [3.05, 3.63) is 184 Å². The Morgan fingerprint density at radius 1 is 0.459 bits per heavy atom. The van der Waals surface area contributed by atoms with E-state index in [1.165, 1.54) is 28.3 Å². The van der Waals surface area contributed by atoms with Gasteiger partial charge in [-0.25, -0.2) is 19.6 Å². The molecule has 0 fully saturated rings. The van der Waals surface area contributed by atoms with Crippen LogP contribution in [0.25, 0.3) is 97.0 Å². The first-order chi connectivity index (χ1) is 35.7. The second-order valence-electron chi connectivity index (χ2n) is 20.2. The van der Waals surface area contributed by atoms with Crippen molar-refractivity contribution in [1.29, 1.82) is 0 Å². The van der Waals surface area contributed by atoms with E-state index in [2.05, 4.69) is 205 Å². The maximum atomic E-state index is 13.2. The van der Waals surface area contributed by atoms with Crippen LogP contribution in [0.4, 0.5) is 0 Å². The molecule has 8 bridgehead atoms. The van der Waals surface area contributed by atoms with Gasteiger partial charge in [-0.2, -0.15) is 0 Å². The fourth-order valence-electron chi connectivity index (χ4n) is 9.68. The Bertz CT molecular complexity index is 3500. The lowest BCUT2D eigenvalue weighted by atomic mass is 9.97. The maximum absolute atomic E-state index is 13.2. The van der Waals surface area contributed by atoms with Crippen molar-refractivity contribution >= 4 is 64.4 Å². The summed E-state index contributed by atoms with van der Waals surface area (Å²) in [5.41, 5.74) is 20.0. The van der Waals surface area contributed by atoms with Crippen LogP contribution in [-0.2, 0) is 19.1 Å². The van der Waals surface area contributed by atoms with Gasteiger partial charge in [0.2, 0.25) is 0 Å². The van der Waals surface area contributed by atoms with Crippen LogP contribution in [0.1, 0.15) is 144 Å². The third-order valence-corrected chi connectivity index (χ3v) is 13.9. The van der Waals surface area contributed by atoms with Gasteiger partial charge in [0.05, 0.1) is 41.5 Å². The van der Waals surface area contributed by atoms with Crippen molar-refractivity contribution in [3.8, 4) is 44.5 Å². The minimum atomic E-state index is -0.750. The Kier molecular flexibility index (Phi) is 15.1. The normalized spacial score (nSPS) is 12.2. The number of fused-ring (bicyclic) bond motifs is 8. The summed E-state index contributed by atoms with van der Waals surface area (Å²) in [6.07, 6.45) is 13.6. The number of nitrogens with one attached hydrogen (secondary N) is 2. The topological polar surface area (TPSA) is 110 Å². The zero-order valence-corrected chi connectivity index (χ0v) is 44.3. The third-order valence-electron chi connectivity index (χ3n) is 13.9. The van der Waals surface area contributed by atoms with Crippen molar-refractivity contribution in [1.82, 2.24) is 19.9 Å². The zero-order chi connectivity index (χ0) is 52.2. The van der Waals surface area contributed by atoms with Crippen molar-refractivity contribution in [2.75, 3.05) is 13.2 Å². The summed E-state index contributed by atoms with van der Waals surface area (Å²) in [4.78, 5) is 45.4. The predicted octanol–water partition coefficient (Wildman–Crippen LogP) is 16.9. The van der Waals surface area contributed by atoms with E-state index in [4.69, 9.17) is 19.4 Å². The molecule has 2 aliphatic rings. The van der Waals surface area contributed by atoms with Gasteiger partial charge in [0.25, 0.3) is 0 Å². The molecule has 74 heavy (non-hydrogen) atoms. The number of rotatable bonds is 14. The van der Waals surface area contributed by atoms with E-state index >= 15 is 0 Å². The van der Waals surface area contributed by atoms with Crippen LogP contribution >= 0.6 is 0 Å². The standard InChI is InChI=1S/C66H66N4O4/c1-11-73-65(71)52(66(72)74-12-2)15-13-14-51-38-59-62(49-28-20-45(21-29-49)41(7)8)57-35-34-55(68-57)60(47-24-16-43(17-25-47)39(3)4)53-32-33-54(67-53)61(48-26-18-44(19-27-48)40(5)6)56-36-37-58(69-56)63(64(51)70-59)50-30-22-46(23-31-50)42(9)10/h13-42,67,70H,11-12H2,1-10H3/b14-13-,60-53?,60-55?,61-54?,61-56?,62-57?,62-59?,63-58?,64-63?. The van der Waals surface area contributed by atoms with Gasteiger partial charge in [-0.3, -0.25) is 0 Å². The summed E-state index contributed by atoms with van der Waals surface area (Å²) in [5, 5.41) is 0. The number of nitrogens with zero attached hydrogens (tertiary/aromatic N) is 2. The summed E-state index contributed by atoms with van der Waals surface area (Å²) >= 11 is 0. The number of hydrogen-bond acceptors (Lipinski definition) is 6. The molecule has 0 aliphatic carbocycles. The van der Waals surface area contributed by atoms with Gasteiger partial charge in [-0.15, -0.1) is 0 Å². The molecule has 5 heterocycles. The summed E-state index contributed by atoms with van der Waals surface area (Å²) in [7, 11) is 0. The summed E-state index contributed by atoms with van der Waals surface area (Å²) < 4.78 is 10.6. The predicted molar refractivity (Wildman–Crippen MR) is 307 cm³/mol. The second kappa shape index (κ2) is 21.9. The number of allylic oxidation sites excluding steroid dienone is 2. The first kappa shape index (κ1) is 50.8. The molecular weight excluding hydrogens is 913 g/mol. The quantitative estimate of drug-likeness (QED) is 0.0369. The lowest BCUT2D eigenvalue weighted by molar-refractivity contribution is -0.146. The number of esters is 2. The lowest BCUT2D eigenvalue weighted by Gasteiger charge is -2.10. The maximum Gasteiger partial charge on any atom is 0.345 e. The average molecular weight is 979 g/mol. The van der Waals surface area contributed by atoms with E-state index in [0.717, 1.165) is 94.9 Å². The summed E-state index contributed by atoms with van der Waals surface area (Å²) in [6.45, 7) is 21.3. The fraction of sp³-hybridized carbons (Fsp3) is 0.242. The number of H-pyrrole nitrogens is 2. The van der Waals surface area contributed by atoms with Crippen LogP contribution in [0.2, 0.25) is 0 Å². The molecule has 8 heteroatoms. The van der Waals surface area contributed by atoms with E-state index in [-0.39, 0.29) is 18.8 Å². The van der Waals surface area contributed by atoms with Gasteiger partial charge >= 0.3 is 11.9 Å². The molecule has 9 rings (SSSR count). The highest BCUT2D eigenvalue weighted by molar-refractivity contribution is 6.14. The Morgan fingerprint density at radius 3 is 1.15 bits per heavy atom. The van der Waals surface area contributed by atoms with Gasteiger partial charge in [0, 0.05) is 44.4 Å². The zero-order valence-electron chi connectivity index (χ0n) is 44.3. The van der Waals surface area contributed by atoms with Gasteiger partial charge < -0.3 is 19.4 Å². The highest BCUT2D eigenvalue weighted by Crippen LogP contribution is 2.41. The van der Waals surface area contributed by atoms with E-state index in [9.17, 15) is 9.59 Å². The Morgan fingerprint density at radius 2 is 0.797 bits per heavy atom. The molecule has 8 nitrogen and oxygen atoms in total. The number of aromatic nitrogens is 4. The van der Waals surface area contributed by atoms with Gasteiger partial charge in [0.15, 0.2) is 0 Å². The van der Waals surface area contributed by atoms with Crippen LogP contribution in [0.15, 0.2) is 133 Å². The molecule has 0 saturated carbocycles. The summed E-state index contributed by atoms with van der Waals surface area (Å²) in [5.74, 6) is -0.0833. The Hall–Kier alpha value is -8.10. The summed E-state index contributed by atoms with van der Waals surface area (Å²) in [6, 6.07) is 41.6. The monoisotopic (exact) mass is 979 g/mol. The van der Waals surface area contributed by atoms with Crippen LogP contribution < -0.4 is 0 Å². The first-order valence-corrected chi connectivity index (χ1v) is 26.1. The van der Waals surface area contributed by atoms with E-state index in [1.54, 1.807) is 19.9 Å². The highest BCUT2D eigenvalue weighted by atomic mass is 16.6. The SMILES string of the molecule is CCOC(=O)C(=C/C=C\c1cc2[nH]c1c(-c1ccc(C(C)C)cc1)c1nc(c(-c3ccc(C(C)C)cc3)c3ccc([nH]3)c(-c3ccc(C(C)C)cc3)c3nc(c2-c2ccc(C(C)C)cc2)C=C3)C=C1)C(=O)OCC. The largest absolute Gasteiger partial charge is 0.462 e. The third kappa shape index (κ3) is 10.5. The molecule has 0 saturated heterocycles. The molecule has 374 valence electrons. The first-order valence-electron chi connectivity index (χ1n) is 26.1. The van der Waals surface area contributed by atoms with Crippen molar-refractivity contribution in [2.24, 2.45) is 0 Å². The molecular formula is C66H66N4O4. The highest BCUT2D eigenvalue weighted by Gasteiger charge is 2.23. The molecule has 2 N–H and O–H groups in total. The molecule has 0 spiro atoms. The van der Waals surface area contributed by atoms with Crippen LogP contribution in [-0.4, -0.2) is 45.1 Å². The van der Waals surface area contributed by atoms with Crippen LogP contribution in [0, 0.1) is 0 Å². The van der Waals surface area contributed by atoms with Gasteiger partial charge in [-0.1, -0.05) is 165 Å². The number of aromatic amines is 2. The molecule has 3 aromatic heterocycles.